The summed E-state index contributed by atoms with van der Waals surface area (Å²) in [6.45, 7) is 9.47. The average Bonchev–Trinajstić information content (AvgIpc) is 3.16. The Balaban J connectivity index is 1.71. The van der Waals surface area contributed by atoms with E-state index in [0.29, 0.717) is 11.5 Å². The molecular formula is C20H39N3O2. The molecule has 0 aromatic heterocycles. The minimum Gasteiger partial charge on any atom is -0.385 e. The van der Waals surface area contributed by atoms with E-state index in [2.05, 4.69) is 29.1 Å². The Morgan fingerprint density at radius 1 is 1.12 bits per heavy atom. The zero-order valence-corrected chi connectivity index (χ0v) is 16.9. The number of aliphatic imine (C=N–C) groups is 1. The first-order valence-corrected chi connectivity index (χ1v) is 10.1. The molecule has 0 amide bonds. The highest BCUT2D eigenvalue weighted by molar-refractivity contribution is 5.80. The number of methoxy groups -OCH3 is 1. The molecule has 0 aromatic rings. The smallest absolute Gasteiger partial charge is 0.193 e. The van der Waals surface area contributed by atoms with Crippen LogP contribution in [0, 0.1) is 11.3 Å². The van der Waals surface area contributed by atoms with E-state index in [1.54, 1.807) is 7.11 Å². The maximum absolute atomic E-state index is 5.96. The van der Waals surface area contributed by atoms with Crippen molar-refractivity contribution in [2.75, 3.05) is 47.0 Å². The lowest BCUT2D eigenvalue weighted by atomic mass is 9.78. The highest BCUT2D eigenvalue weighted by atomic mass is 16.5. The van der Waals surface area contributed by atoms with Crippen molar-refractivity contribution in [3.63, 3.8) is 0 Å². The number of hydrogen-bond donors (Lipinski definition) is 1. The summed E-state index contributed by atoms with van der Waals surface area (Å²) in [5.41, 5.74) is 0.342. The molecule has 2 aliphatic rings. The Labute approximate surface area is 154 Å². The fraction of sp³-hybridized carbons (Fsp3) is 0.950. The third-order valence-electron chi connectivity index (χ3n) is 5.96. The van der Waals surface area contributed by atoms with Crippen molar-refractivity contribution in [1.29, 1.82) is 0 Å². The molecule has 2 rings (SSSR count). The Bertz CT molecular complexity index is 398. The van der Waals surface area contributed by atoms with E-state index in [1.165, 1.54) is 25.7 Å². The van der Waals surface area contributed by atoms with Gasteiger partial charge in [0.05, 0.1) is 6.10 Å². The molecule has 1 heterocycles. The van der Waals surface area contributed by atoms with Crippen molar-refractivity contribution in [2.45, 2.75) is 64.9 Å². The van der Waals surface area contributed by atoms with Gasteiger partial charge in [-0.15, -0.1) is 0 Å². The fourth-order valence-electron chi connectivity index (χ4n) is 4.18. The monoisotopic (exact) mass is 353 g/mol. The Hall–Kier alpha value is -0.810. The van der Waals surface area contributed by atoms with Crippen LogP contribution in [0.25, 0.3) is 0 Å². The zero-order chi connectivity index (χ0) is 18.1. The maximum Gasteiger partial charge on any atom is 0.193 e. The molecule has 5 heteroatoms. The van der Waals surface area contributed by atoms with Crippen molar-refractivity contribution >= 4 is 5.96 Å². The molecule has 1 saturated carbocycles. The Morgan fingerprint density at radius 2 is 1.80 bits per heavy atom. The van der Waals surface area contributed by atoms with Crippen LogP contribution in [0.3, 0.4) is 0 Å². The van der Waals surface area contributed by atoms with Gasteiger partial charge in [0.15, 0.2) is 5.96 Å². The van der Waals surface area contributed by atoms with E-state index in [-0.39, 0.29) is 0 Å². The summed E-state index contributed by atoms with van der Waals surface area (Å²) in [5, 5.41) is 3.65. The number of nitrogens with zero attached hydrogens (tertiary/aromatic N) is 2. The van der Waals surface area contributed by atoms with E-state index < -0.39 is 0 Å². The summed E-state index contributed by atoms with van der Waals surface area (Å²) in [6, 6.07) is 0. The topological polar surface area (TPSA) is 46.1 Å². The first-order valence-electron chi connectivity index (χ1n) is 10.1. The molecule has 0 radical (unpaired) electrons. The van der Waals surface area contributed by atoms with Crippen LogP contribution in [-0.2, 0) is 9.47 Å². The lowest BCUT2D eigenvalue weighted by Crippen LogP contribution is -2.49. The molecule has 146 valence electrons. The molecule has 0 bridgehead atoms. The second-order valence-electron chi connectivity index (χ2n) is 8.27. The molecule has 2 fully saturated rings. The highest BCUT2D eigenvalue weighted by Gasteiger charge is 2.32. The standard InChI is InChI=1S/C20H39N3O2/c1-20(2,17-8-5-6-9-17)16-22-19(21-3)23-12-10-18(11-13-23)25-15-7-14-24-4/h17-18H,5-16H2,1-4H3,(H,21,22). The van der Waals surface area contributed by atoms with Crippen LogP contribution >= 0.6 is 0 Å². The number of ether oxygens (including phenoxy) is 2. The lowest BCUT2D eigenvalue weighted by molar-refractivity contribution is 0.00979. The molecule has 0 unspecified atom stereocenters. The summed E-state index contributed by atoms with van der Waals surface area (Å²) < 4.78 is 11.0. The third kappa shape index (κ3) is 6.45. The Kier molecular flexibility index (Phi) is 8.50. The van der Waals surface area contributed by atoms with Crippen molar-refractivity contribution in [3.05, 3.63) is 0 Å². The number of likely N-dealkylation sites (tertiary alicyclic amines) is 1. The predicted octanol–water partition coefficient (Wildman–Crippen LogP) is 3.30. The van der Waals surface area contributed by atoms with Crippen molar-refractivity contribution in [2.24, 2.45) is 16.3 Å². The molecule has 5 nitrogen and oxygen atoms in total. The van der Waals surface area contributed by atoms with Gasteiger partial charge in [-0.2, -0.15) is 0 Å². The predicted molar refractivity (Wildman–Crippen MR) is 104 cm³/mol. The van der Waals surface area contributed by atoms with E-state index in [9.17, 15) is 0 Å². The van der Waals surface area contributed by atoms with Crippen LogP contribution in [-0.4, -0.2) is 64.0 Å². The molecule has 1 aliphatic carbocycles. The second kappa shape index (κ2) is 10.4. The molecular weight excluding hydrogens is 314 g/mol. The molecule has 0 aromatic carbocycles. The first-order chi connectivity index (χ1) is 12.1. The normalized spacial score (nSPS) is 21.1. The van der Waals surface area contributed by atoms with Crippen molar-refractivity contribution in [1.82, 2.24) is 10.2 Å². The van der Waals surface area contributed by atoms with E-state index in [1.807, 2.05) is 7.05 Å². The van der Waals surface area contributed by atoms with Crippen LogP contribution in [0.15, 0.2) is 4.99 Å². The van der Waals surface area contributed by atoms with E-state index in [0.717, 1.165) is 64.0 Å². The lowest BCUT2D eigenvalue weighted by Gasteiger charge is -2.37. The van der Waals surface area contributed by atoms with Crippen molar-refractivity contribution < 1.29 is 9.47 Å². The zero-order valence-electron chi connectivity index (χ0n) is 16.9. The van der Waals surface area contributed by atoms with Gasteiger partial charge in [-0.05, 0) is 43.4 Å². The molecule has 1 aliphatic heterocycles. The van der Waals surface area contributed by atoms with Gasteiger partial charge in [0.1, 0.15) is 0 Å². The molecule has 1 N–H and O–H groups in total. The number of guanidine groups is 1. The summed E-state index contributed by atoms with van der Waals surface area (Å²) in [7, 11) is 3.64. The van der Waals surface area contributed by atoms with Crippen LogP contribution in [0.4, 0.5) is 0 Å². The van der Waals surface area contributed by atoms with Gasteiger partial charge in [-0.25, -0.2) is 0 Å². The van der Waals surface area contributed by atoms with Gasteiger partial charge in [-0.3, -0.25) is 4.99 Å². The van der Waals surface area contributed by atoms with Gasteiger partial charge in [0, 0.05) is 47.0 Å². The molecule has 0 spiro atoms. The first kappa shape index (κ1) is 20.5. The third-order valence-corrected chi connectivity index (χ3v) is 5.96. The quantitative estimate of drug-likeness (QED) is 0.413. The molecule has 0 atom stereocenters. The summed E-state index contributed by atoms with van der Waals surface area (Å²) >= 11 is 0. The molecule has 25 heavy (non-hydrogen) atoms. The second-order valence-corrected chi connectivity index (χ2v) is 8.27. The van der Waals surface area contributed by atoms with Crippen LogP contribution in [0.2, 0.25) is 0 Å². The van der Waals surface area contributed by atoms with Gasteiger partial charge < -0.3 is 19.7 Å². The highest BCUT2D eigenvalue weighted by Crippen LogP contribution is 2.39. The molecule has 1 saturated heterocycles. The number of piperidine rings is 1. The van der Waals surface area contributed by atoms with Gasteiger partial charge in [-0.1, -0.05) is 26.7 Å². The van der Waals surface area contributed by atoms with E-state index >= 15 is 0 Å². The van der Waals surface area contributed by atoms with Crippen LogP contribution in [0.1, 0.15) is 58.8 Å². The van der Waals surface area contributed by atoms with Gasteiger partial charge in [0.2, 0.25) is 0 Å². The largest absolute Gasteiger partial charge is 0.385 e. The maximum atomic E-state index is 5.96. The van der Waals surface area contributed by atoms with Crippen LogP contribution < -0.4 is 5.32 Å². The van der Waals surface area contributed by atoms with Crippen molar-refractivity contribution in [3.8, 4) is 0 Å². The van der Waals surface area contributed by atoms with Gasteiger partial charge >= 0.3 is 0 Å². The average molecular weight is 354 g/mol. The fourth-order valence-corrected chi connectivity index (χ4v) is 4.18. The summed E-state index contributed by atoms with van der Waals surface area (Å²) in [4.78, 5) is 6.92. The minimum atomic E-state index is 0.342. The van der Waals surface area contributed by atoms with E-state index in [4.69, 9.17) is 9.47 Å². The summed E-state index contributed by atoms with van der Waals surface area (Å²) in [5.74, 6) is 1.91. The SMILES string of the molecule is CN=C(NCC(C)(C)C1CCCC1)N1CCC(OCCCOC)CC1. The number of rotatable bonds is 8. The summed E-state index contributed by atoms with van der Waals surface area (Å²) in [6.07, 6.45) is 9.12. The van der Waals surface area contributed by atoms with Crippen LogP contribution in [0.5, 0.6) is 0 Å². The van der Waals surface area contributed by atoms with Gasteiger partial charge in [0.25, 0.3) is 0 Å². The Morgan fingerprint density at radius 3 is 2.40 bits per heavy atom. The number of hydrogen-bond acceptors (Lipinski definition) is 3. The number of nitrogens with one attached hydrogen (secondary N) is 1. The minimum absolute atomic E-state index is 0.342.